The molecule has 0 saturated heterocycles. The van der Waals surface area contributed by atoms with Crippen LogP contribution in [0, 0.1) is 5.92 Å². The Balaban J connectivity index is 2.43. The normalized spacial score (nSPS) is 12.1. The number of carbonyl (C=O) groups excluding carboxylic acids is 2. The van der Waals surface area contributed by atoms with Crippen LogP contribution in [0.25, 0.3) is 0 Å². The molecule has 0 spiro atoms. The van der Waals surface area contributed by atoms with E-state index in [1.165, 1.54) is 25.2 Å². The molecule has 0 heterocycles. The highest BCUT2D eigenvalue weighted by molar-refractivity contribution is 7.92. The van der Waals surface area contributed by atoms with E-state index in [1.54, 1.807) is 19.1 Å². The lowest BCUT2D eigenvalue weighted by atomic mass is 10.1. The zero-order chi connectivity index (χ0) is 26.2. The third-order valence-electron chi connectivity index (χ3n) is 5.38. The maximum absolute atomic E-state index is 13.6. The van der Waals surface area contributed by atoms with Gasteiger partial charge >= 0.3 is 0 Å². The minimum atomic E-state index is -3.89. The molecule has 1 N–H and O–H groups in total. The van der Waals surface area contributed by atoms with Gasteiger partial charge in [0.15, 0.2) is 0 Å². The number of rotatable bonds is 12. The van der Waals surface area contributed by atoms with Crippen molar-refractivity contribution in [2.24, 2.45) is 5.92 Å². The fourth-order valence-electron chi connectivity index (χ4n) is 3.40. The van der Waals surface area contributed by atoms with Crippen molar-refractivity contribution in [3.8, 4) is 11.5 Å². The Labute approximate surface area is 208 Å². The highest BCUT2D eigenvalue weighted by Crippen LogP contribution is 2.33. The molecule has 0 bridgehead atoms. The fraction of sp³-hybridized carbons (Fsp3) is 0.440. The van der Waals surface area contributed by atoms with E-state index in [0.717, 1.165) is 16.1 Å². The van der Waals surface area contributed by atoms with Gasteiger partial charge in [0.25, 0.3) is 0 Å². The van der Waals surface area contributed by atoms with E-state index in [2.05, 4.69) is 5.32 Å². The summed E-state index contributed by atoms with van der Waals surface area (Å²) >= 11 is 0. The van der Waals surface area contributed by atoms with Gasteiger partial charge in [-0.15, -0.1) is 0 Å². The summed E-state index contributed by atoms with van der Waals surface area (Å²) in [5, 5.41) is 2.85. The largest absolute Gasteiger partial charge is 0.497 e. The Kier molecular flexibility index (Phi) is 9.94. The van der Waals surface area contributed by atoms with Crippen molar-refractivity contribution >= 4 is 27.5 Å². The summed E-state index contributed by atoms with van der Waals surface area (Å²) in [5.41, 5.74) is 0.980. The predicted molar refractivity (Wildman–Crippen MR) is 136 cm³/mol. The molecule has 2 aromatic carbocycles. The predicted octanol–water partition coefficient (Wildman–Crippen LogP) is 2.66. The van der Waals surface area contributed by atoms with Crippen LogP contribution in [0.1, 0.15) is 26.3 Å². The van der Waals surface area contributed by atoms with Crippen LogP contribution in [0.15, 0.2) is 48.5 Å². The summed E-state index contributed by atoms with van der Waals surface area (Å²) in [6.07, 6.45) is 1.01. The Morgan fingerprint density at radius 1 is 1.00 bits per heavy atom. The van der Waals surface area contributed by atoms with Crippen LogP contribution < -0.4 is 19.1 Å². The maximum Gasteiger partial charge on any atom is 0.244 e. The first kappa shape index (κ1) is 28.0. The molecule has 192 valence electrons. The molecular weight excluding hydrogens is 470 g/mol. The van der Waals surface area contributed by atoms with Gasteiger partial charge in [-0.25, -0.2) is 8.42 Å². The summed E-state index contributed by atoms with van der Waals surface area (Å²) in [7, 11) is -1.02. The van der Waals surface area contributed by atoms with Crippen molar-refractivity contribution in [2.45, 2.75) is 33.4 Å². The molecule has 35 heavy (non-hydrogen) atoms. The van der Waals surface area contributed by atoms with Crippen molar-refractivity contribution in [1.82, 2.24) is 10.2 Å². The molecule has 1 unspecified atom stereocenters. The van der Waals surface area contributed by atoms with Gasteiger partial charge in [-0.05, 0) is 30.5 Å². The molecule has 9 nitrogen and oxygen atoms in total. The summed E-state index contributed by atoms with van der Waals surface area (Å²) in [6, 6.07) is 13.1. The van der Waals surface area contributed by atoms with Gasteiger partial charge in [0.1, 0.15) is 24.1 Å². The lowest BCUT2D eigenvalue weighted by Crippen LogP contribution is -2.51. The average molecular weight is 506 g/mol. The van der Waals surface area contributed by atoms with Crippen LogP contribution in [0.5, 0.6) is 11.5 Å². The first-order valence-electron chi connectivity index (χ1n) is 11.3. The summed E-state index contributed by atoms with van der Waals surface area (Å²) in [4.78, 5) is 27.8. The van der Waals surface area contributed by atoms with Crippen LogP contribution >= 0.6 is 0 Å². The number of methoxy groups -OCH3 is 2. The number of hydrogen-bond donors (Lipinski definition) is 1. The Morgan fingerprint density at radius 3 is 2.20 bits per heavy atom. The molecule has 0 aliphatic rings. The lowest BCUT2D eigenvalue weighted by molar-refractivity contribution is -0.139. The number of nitrogens with zero attached hydrogens (tertiary/aromatic N) is 2. The van der Waals surface area contributed by atoms with Crippen LogP contribution in [0.3, 0.4) is 0 Å². The Morgan fingerprint density at radius 2 is 1.66 bits per heavy atom. The van der Waals surface area contributed by atoms with Crippen LogP contribution in [0.2, 0.25) is 0 Å². The van der Waals surface area contributed by atoms with E-state index < -0.39 is 28.5 Å². The average Bonchev–Trinajstić information content (AvgIpc) is 2.83. The van der Waals surface area contributed by atoms with Gasteiger partial charge in [-0.3, -0.25) is 13.9 Å². The number of ether oxygens (including phenoxy) is 2. The first-order chi connectivity index (χ1) is 16.5. The van der Waals surface area contributed by atoms with E-state index >= 15 is 0 Å². The van der Waals surface area contributed by atoms with Crippen LogP contribution in [-0.4, -0.2) is 64.7 Å². The minimum Gasteiger partial charge on any atom is -0.497 e. The molecule has 0 saturated carbocycles. The fourth-order valence-corrected chi connectivity index (χ4v) is 4.25. The molecule has 1 atom stereocenters. The monoisotopic (exact) mass is 505 g/mol. The number of carbonyl (C=O) groups is 2. The van der Waals surface area contributed by atoms with E-state index in [9.17, 15) is 18.0 Å². The van der Waals surface area contributed by atoms with E-state index in [1.807, 2.05) is 44.2 Å². The molecule has 2 amide bonds. The number of nitrogens with one attached hydrogen (secondary N) is 1. The molecule has 0 fully saturated rings. The summed E-state index contributed by atoms with van der Waals surface area (Å²) in [6.45, 7) is 5.67. The van der Waals surface area contributed by atoms with Crippen molar-refractivity contribution in [2.75, 3.05) is 37.9 Å². The highest BCUT2D eigenvalue weighted by Gasteiger charge is 2.31. The molecule has 2 rings (SSSR count). The van der Waals surface area contributed by atoms with Crippen molar-refractivity contribution in [3.63, 3.8) is 0 Å². The number of amides is 2. The van der Waals surface area contributed by atoms with Crippen molar-refractivity contribution in [3.05, 3.63) is 54.1 Å². The van der Waals surface area contributed by atoms with E-state index in [4.69, 9.17) is 9.47 Å². The smallest absolute Gasteiger partial charge is 0.244 e. The first-order valence-corrected chi connectivity index (χ1v) is 13.1. The molecule has 0 radical (unpaired) electrons. The van der Waals surface area contributed by atoms with Crippen LogP contribution in [0.4, 0.5) is 5.69 Å². The van der Waals surface area contributed by atoms with Gasteiger partial charge in [-0.2, -0.15) is 0 Å². The molecular formula is C25H35N3O6S. The maximum atomic E-state index is 13.6. The Bertz CT molecular complexity index is 1110. The van der Waals surface area contributed by atoms with Gasteiger partial charge in [0, 0.05) is 19.2 Å². The van der Waals surface area contributed by atoms with E-state index in [0.29, 0.717) is 12.3 Å². The number of anilines is 1. The minimum absolute atomic E-state index is 0.142. The number of benzene rings is 2. The zero-order valence-electron chi connectivity index (χ0n) is 21.1. The van der Waals surface area contributed by atoms with E-state index in [-0.39, 0.29) is 29.8 Å². The quantitative estimate of drug-likeness (QED) is 0.476. The molecule has 0 aromatic heterocycles. The highest BCUT2D eigenvalue weighted by atomic mass is 32.2. The molecule has 0 aliphatic carbocycles. The lowest BCUT2D eigenvalue weighted by Gasteiger charge is -2.32. The second-order valence-electron chi connectivity index (χ2n) is 8.63. The SMILES string of the molecule is COc1ccc(OC)c(N(CC(=O)N(Cc2ccccc2)C(C)C(=O)NCC(C)C)S(C)(=O)=O)c1. The molecule has 0 aliphatic heterocycles. The number of hydrogen-bond acceptors (Lipinski definition) is 6. The summed E-state index contributed by atoms with van der Waals surface area (Å²) in [5.74, 6) is 0.0701. The topological polar surface area (TPSA) is 105 Å². The molecule has 10 heteroatoms. The second kappa shape index (κ2) is 12.4. The van der Waals surface area contributed by atoms with Gasteiger partial charge in [0.05, 0.1) is 26.2 Å². The summed E-state index contributed by atoms with van der Waals surface area (Å²) < 4.78 is 37.1. The van der Waals surface area contributed by atoms with Crippen molar-refractivity contribution < 1.29 is 27.5 Å². The molecule has 2 aromatic rings. The zero-order valence-corrected chi connectivity index (χ0v) is 22.0. The number of sulfonamides is 1. The van der Waals surface area contributed by atoms with Gasteiger partial charge in [-0.1, -0.05) is 44.2 Å². The van der Waals surface area contributed by atoms with Gasteiger partial charge in [0.2, 0.25) is 21.8 Å². The Hall–Kier alpha value is -3.27. The standard InChI is InChI=1S/C25H35N3O6S/c1-18(2)15-26-25(30)19(3)27(16-20-10-8-7-9-11-20)24(29)17-28(35(6,31)32)22-14-21(33-4)12-13-23(22)34-5/h7-14,18-19H,15-17H2,1-6H3,(H,26,30). The third-order valence-corrected chi connectivity index (χ3v) is 6.51. The third kappa shape index (κ3) is 7.88. The van der Waals surface area contributed by atoms with Crippen molar-refractivity contribution in [1.29, 1.82) is 0 Å². The second-order valence-corrected chi connectivity index (χ2v) is 10.5. The van der Waals surface area contributed by atoms with Gasteiger partial charge < -0.3 is 19.7 Å². The van der Waals surface area contributed by atoms with Crippen LogP contribution in [-0.2, 0) is 26.2 Å².